The van der Waals surface area contributed by atoms with Crippen LogP contribution in [0.5, 0.6) is 0 Å². The molecule has 4 heteroatoms. The van der Waals surface area contributed by atoms with Gasteiger partial charge in [0.15, 0.2) is 0 Å². The van der Waals surface area contributed by atoms with Crippen LogP contribution < -0.4 is 10.6 Å². The first kappa shape index (κ1) is 13.8. The summed E-state index contributed by atoms with van der Waals surface area (Å²) in [6.07, 6.45) is 4.92. The number of rotatable bonds is 4. The Morgan fingerprint density at radius 1 is 1.31 bits per heavy atom. The third-order valence-electron chi connectivity index (χ3n) is 3.77. The summed E-state index contributed by atoms with van der Waals surface area (Å²) in [6, 6.07) is 0. The zero-order valence-corrected chi connectivity index (χ0v) is 10.8. The van der Waals surface area contributed by atoms with E-state index in [1.807, 2.05) is 0 Å². The summed E-state index contributed by atoms with van der Waals surface area (Å²) >= 11 is 0. The minimum Gasteiger partial charge on any atom is -0.356 e. The van der Waals surface area contributed by atoms with E-state index in [1.165, 1.54) is 25.7 Å². The first-order chi connectivity index (χ1) is 7.27. The third-order valence-corrected chi connectivity index (χ3v) is 3.77. The van der Waals surface area contributed by atoms with Crippen molar-refractivity contribution in [3.63, 3.8) is 0 Å². The molecule has 3 nitrogen and oxygen atoms in total. The minimum absolute atomic E-state index is 0. The van der Waals surface area contributed by atoms with E-state index < -0.39 is 0 Å². The largest absolute Gasteiger partial charge is 0.356 e. The Bertz CT molecular complexity index is 225. The number of hydrogen-bond acceptors (Lipinski definition) is 2. The lowest BCUT2D eigenvalue weighted by Crippen LogP contribution is -2.38. The standard InChI is InChI=1S/C12H22N2O.ClH/c1-9(11-2-3-11)12(15)14-8-10-4-6-13-7-5-10;/h9-11,13H,2-8H2,1H3,(H,14,15);1H. The number of halogens is 1. The van der Waals surface area contributed by atoms with Gasteiger partial charge in [-0.25, -0.2) is 0 Å². The summed E-state index contributed by atoms with van der Waals surface area (Å²) in [7, 11) is 0. The van der Waals surface area contributed by atoms with Crippen LogP contribution in [0.4, 0.5) is 0 Å². The summed E-state index contributed by atoms with van der Waals surface area (Å²) < 4.78 is 0. The Morgan fingerprint density at radius 3 is 2.50 bits per heavy atom. The molecular weight excluding hydrogens is 224 g/mol. The predicted molar refractivity (Wildman–Crippen MR) is 67.7 cm³/mol. The van der Waals surface area contributed by atoms with E-state index >= 15 is 0 Å². The molecule has 1 heterocycles. The van der Waals surface area contributed by atoms with Crippen LogP contribution in [0.2, 0.25) is 0 Å². The Morgan fingerprint density at radius 2 is 1.94 bits per heavy atom. The Kier molecular flexibility index (Phi) is 5.56. The van der Waals surface area contributed by atoms with E-state index in [9.17, 15) is 4.79 Å². The van der Waals surface area contributed by atoms with E-state index in [2.05, 4.69) is 17.6 Å². The molecule has 0 spiro atoms. The molecule has 0 aromatic carbocycles. The maximum absolute atomic E-state index is 11.7. The van der Waals surface area contributed by atoms with Crippen molar-refractivity contribution in [2.75, 3.05) is 19.6 Å². The Balaban J connectivity index is 0.00000128. The quantitative estimate of drug-likeness (QED) is 0.791. The maximum atomic E-state index is 11.7. The zero-order chi connectivity index (χ0) is 10.7. The molecule has 1 amide bonds. The van der Waals surface area contributed by atoms with Crippen LogP contribution in [0, 0.1) is 17.8 Å². The third kappa shape index (κ3) is 3.95. The van der Waals surface area contributed by atoms with Gasteiger partial charge >= 0.3 is 0 Å². The van der Waals surface area contributed by atoms with Crippen molar-refractivity contribution in [3.05, 3.63) is 0 Å². The second kappa shape index (κ2) is 6.45. The van der Waals surface area contributed by atoms with Gasteiger partial charge in [-0.05, 0) is 50.6 Å². The molecule has 2 rings (SSSR count). The highest BCUT2D eigenvalue weighted by atomic mass is 35.5. The van der Waals surface area contributed by atoms with Crippen LogP contribution in [0.25, 0.3) is 0 Å². The molecule has 1 aliphatic carbocycles. The number of nitrogens with one attached hydrogen (secondary N) is 2. The average Bonchev–Trinajstić information content (AvgIpc) is 3.10. The Hall–Kier alpha value is -0.280. The van der Waals surface area contributed by atoms with Crippen LogP contribution in [0.3, 0.4) is 0 Å². The van der Waals surface area contributed by atoms with Gasteiger partial charge in [0.2, 0.25) is 5.91 Å². The van der Waals surface area contributed by atoms with E-state index in [-0.39, 0.29) is 24.2 Å². The highest BCUT2D eigenvalue weighted by molar-refractivity contribution is 5.85. The highest BCUT2D eigenvalue weighted by Gasteiger charge is 2.32. The normalized spacial score (nSPS) is 23.3. The molecule has 16 heavy (non-hydrogen) atoms. The first-order valence-corrected chi connectivity index (χ1v) is 6.26. The number of hydrogen-bond donors (Lipinski definition) is 2. The lowest BCUT2D eigenvalue weighted by molar-refractivity contribution is -0.125. The van der Waals surface area contributed by atoms with Gasteiger partial charge in [-0.3, -0.25) is 4.79 Å². The summed E-state index contributed by atoms with van der Waals surface area (Å²) in [5.74, 6) is 1.89. The fraction of sp³-hybridized carbons (Fsp3) is 0.917. The van der Waals surface area contributed by atoms with Crippen molar-refractivity contribution in [2.24, 2.45) is 17.8 Å². The van der Waals surface area contributed by atoms with Crippen molar-refractivity contribution in [3.8, 4) is 0 Å². The molecule has 2 aliphatic rings. The number of carbonyl (C=O) groups excluding carboxylic acids is 1. The van der Waals surface area contributed by atoms with E-state index in [0.29, 0.717) is 11.8 Å². The van der Waals surface area contributed by atoms with E-state index in [4.69, 9.17) is 0 Å². The fourth-order valence-electron chi connectivity index (χ4n) is 2.30. The topological polar surface area (TPSA) is 41.1 Å². The lowest BCUT2D eigenvalue weighted by atomic mass is 9.97. The van der Waals surface area contributed by atoms with Gasteiger partial charge in [0.25, 0.3) is 0 Å². The lowest BCUT2D eigenvalue weighted by Gasteiger charge is -2.23. The summed E-state index contributed by atoms with van der Waals surface area (Å²) in [4.78, 5) is 11.7. The molecule has 2 fully saturated rings. The SMILES string of the molecule is CC(C(=O)NCC1CCNCC1)C1CC1.Cl. The van der Waals surface area contributed by atoms with Crippen LogP contribution in [-0.2, 0) is 4.79 Å². The van der Waals surface area contributed by atoms with Gasteiger partial charge in [0, 0.05) is 12.5 Å². The van der Waals surface area contributed by atoms with Gasteiger partial charge in [-0.2, -0.15) is 0 Å². The second-order valence-electron chi connectivity index (χ2n) is 5.06. The number of amides is 1. The van der Waals surface area contributed by atoms with Crippen LogP contribution in [0.1, 0.15) is 32.6 Å². The highest BCUT2D eigenvalue weighted by Crippen LogP contribution is 2.36. The second-order valence-corrected chi connectivity index (χ2v) is 5.06. The number of piperidine rings is 1. The van der Waals surface area contributed by atoms with Crippen molar-refractivity contribution >= 4 is 18.3 Å². The molecule has 1 unspecified atom stereocenters. The molecule has 0 bridgehead atoms. The van der Waals surface area contributed by atoms with Crippen molar-refractivity contribution in [2.45, 2.75) is 32.6 Å². The summed E-state index contributed by atoms with van der Waals surface area (Å²) in [5.41, 5.74) is 0. The molecule has 1 saturated carbocycles. The molecule has 1 aliphatic heterocycles. The average molecular weight is 247 g/mol. The van der Waals surface area contributed by atoms with Crippen molar-refractivity contribution in [1.82, 2.24) is 10.6 Å². The summed E-state index contributed by atoms with van der Waals surface area (Å²) in [5, 5.41) is 6.45. The van der Waals surface area contributed by atoms with Gasteiger partial charge in [-0.15, -0.1) is 12.4 Å². The van der Waals surface area contributed by atoms with Crippen LogP contribution >= 0.6 is 12.4 Å². The molecule has 1 saturated heterocycles. The van der Waals surface area contributed by atoms with E-state index in [0.717, 1.165) is 19.6 Å². The van der Waals surface area contributed by atoms with Gasteiger partial charge < -0.3 is 10.6 Å². The molecule has 0 aromatic rings. The maximum Gasteiger partial charge on any atom is 0.223 e. The summed E-state index contributed by atoms with van der Waals surface area (Å²) in [6.45, 7) is 5.17. The smallest absolute Gasteiger partial charge is 0.223 e. The molecule has 94 valence electrons. The van der Waals surface area contributed by atoms with Gasteiger partial charge in [0.1, 0.15) is 0 Å². The van der Waals surface area contributed by atoms with E-state index in [1.54, 1.807) is 0 Å². The van der Waals surface area contributed by atoms with Gasteiger partial charge in [-0.1, -0.05) is 6.92 Å². The predicted octanol–water partition coefficient (Wildman–Crippen LogP) is 1.57. The molecular formula is C12H23ClN2O. The Labute approximate surface area is 104 Å². The molecule has 1 atom stereocenters. The minimum atomic E-state index is 0. The van der Waals surface area contributed by atoms with Crippen molar-refractivity contribution in [1.29, 1.82) is 0 Å². The van der Waals surface area contributed by atoms with Crippen LogP contribution in [-0.4, -0.2) is 25.5 Å². The molecule has 0 aromatic heterocycles. The van der Waals surface area contributed by atoms with Crippen LogP contribution in [0.15, 0.2) is 0 Å². The fourth-order valence-corrected chi connectivity index (χ4v) is 2.30. The molecule has 0 radical (unpaired) electrons. The zero-order valence-electron chi connectivity index (χ0n) is 10.00. The van der Waals surface area contributed by atoms with Crippen molar-refractivity contribution < 1.29 is 4.79 Å². The first-order valence-electron chi connectivity index (χ1n) is 6.26. The monoisotopic (exact) mass is 246 g/mol. The molecule has 2 N–H and O–H groups in total. The number of carbonyl (C=O) groups is 1. The van der Waals surface area contributed by atoms with Gasteiger partial charge in [0.05, 0.1) is 0 Å².